The molecule has 1 aromatic heterocycles. The van der Waals surface area contributed by atoms with Crippen LogP contribution in [0.3, 0.4) is 0 Å². The van der Waals surface area contributed by atoms with Crippen LogP contribution in [0.2, 0.25) is 0 Å². The lowest BCUT2D eigenvalue weighted by Gasteiger charge is -2.20. The van der Waals surface area contributed by atoms with Crippen LogP contribution in [0.25, 0.3) is 11.0 Å². The molecule has 0 saturated carbocycles. The average molecular weight is 341 g/mol. The smallest absolute Gasteiger partial charge is 0.405 e. The first-order chi connectivity index (χ1) is 11.2. The van der Waals surface area contributed by atoms with Gasteiger partial charge >= 0.3 is 11.8 Å². The van der Waals surface area contributed by atoms with Crippen molar-refractivity contribution in [1.29, 1.82) is 0 Å². The van der Waals surface area contributed by atoms with E-state index in [1.807, 2.05) is 0 Å². The van der Waals surface area contributed by atoms with Crippen molar-refractivity contribution in [1.82, 2.24) is 5.43 Å². The molecule has 2 aromatic rings. The molecule has 1 N–H and O–H groups in total. The topological polar surface area (TPSA) is 74.9 Å². The monoisotopic (exact) mass is 341 g/mol. The van der Waals surface area contributed by atoms with Crippen molar-refractivity contribution < 1.29 is 22.4 Å². The number of fused-ring (bicyclic) bond motifs is 1. The molecule has 0 unspecified atom stereocenters. The highest BCUT2D eigenvalue weighted by atomic mass is 19.4. The molecular formula is C15H14F3N3O3. The number of nitrogens with one attached hydrogen (secondary N) is 1. The third-order valence-corrected chi connectivity index (χ3v) is 3.03. The maximum atomic E-state index is 12.4. The largest absolute Gasteiger partial charge is 0.422 e. The summed E-state index contributed by atoms with van der Waals surface area (Å²) in [4.78, 5) is 23.6. The zero-order chi connectivity index (χ0) is 17.9. The summed E-state index contributed by atoms with van der Waals surface area (Å²) in [6, 6.07) is 5.86. The van der Waals surface area contributed by atoms with E-state index in [9.17, 15) is 22.8 Å². The quantitative estimate of drug-likeness (QED) is 0.526. The van der Waals surface area contributed by atoms with Gasteiger partial charge in [0, 0.05) is 31.1 Å². The van der Waals surface area contributed by atoms with Gasteiger partial charge in [-0.2, -0.15) is 18.3 Å². The molecule has 0 saturated heterocycles. The predicted molar refractivity (Wildman–Crippen MR) is 83.2 cm³/mol. The zero-order valence-corrected chi connectivity index (χ0v) is 12.8. The Bertz CT molecular complexity index is 843. The van der Waals surface area contributed by atoms with E-state index in [-0.39, 0.29) is 16.8 Å². The molecule has 1 heterocycles. The third kappa shape index (κ3) is 4.58. The summed E-state index contributed by atoms with van der Waals surface area (Å²) < 4.78 is 42.4. The molecule has 6 nitrogen and oxygen atoms in total. The van der Waals surface area contributed by atoms with Gasteiger partial charge in [0.15, 0.2) is 0 Å². The second kappa shape index (κ2) is 6.73. The SMILES string of the molecule is CC(=O)N/N=C/c1cc2ccc(N(C)CC(F)(F)F)cc2oc1=O. The molecule has 128 valence electrons. The molecule has 0 fully saturated rings. The normalized spacial score (nSPS) is 11.9. The van der Waals surface area contributed by atoms with E-state index in [0.717, 1.165) is 11.1 Å². The highest BCUT2D eigenvalue weighted by Crippen LogP contribution is 2.24. The van der Waals surface area contributed by atoms with E-state index in [2.05, 4.69) is 10.5 Å². The first kappa shape index (κ1) is 17.5. The number of hydrogen-bond acceptors (Lipinski definition) is 5. The number of anilines is 1. The number of nitrogens with zero attached hydrogens (tertiary/aromatic N) is 2. The van der Waals surface area contributed by atoms with Crippen molar-refractivity contribution in [3.63, 3.8) is 0 Å². The summed E-state index contributed by atoms with van der Waals surface area (Å²) >= 11 is 0. The molecule has 0 spiro atoms. The summed E-state index contributed by atoms with van der Waals surface area (Å²) in [5, 5.41) is 4.09. The molecule has 0 aliphatic carbocycles. The minimum absolute atomic E-state index is 0.104. The Kier molecular flexibility index (Phi) is 4.91. The summed E-state index contributed by atoms with van der Waals surface area (Å²) in [6.07, 6.45) is -3.20. The minimum Gasteiger partial charge on any atom is -0.422 e. The van der Waals surface area contributed by atoms with Crippen molar-refractivity contribution in [3.05, 3.63) is 40.2 Å². The van der Waals surface area contributed by atoms with Crippen LogP contribution in [0, 0.1) is 0 Å². The van der Waals surface area contributed by atoms with Gasteiger partial charge in [-0.15, -0.1) is 0 Å². The fraction of sp³-hybridized carbons (Fsp3) is 0.267. The number of amides is 1. The number of carbonyl (C=O) groups is 1. The average Bonchev–Trinajstić information content (AvgIpc) is 2.45. The summed E-state index contributed by atoms with van der Waals surface area (Å²) in [5.74, 6) is -0.395. The van der Waals surface area contributed by atoms with Crippen LogP contribution < -0.4 is 16.0 Å². The van der Waals surface area contributed by atoms with Crippen LogP contribution in [-0.2, 0) is 4.79 Å². The van der Waals surface area contributed by atoms with E-state index < -0.39 is 24.3 Å². The Morgan fingerprint density at radius 1 is 1.38 bits per heavy atom. The lowest BCUT2D eigenvalue weighted by molar-refractivity contribution is -0.119. The summed E-state index contributed by atoms with van der Waals surface area (Å²) in [7, 11) is 1.29. The highest BCUT2D eigenvalue weighted by Gasteiger charge is 2.29. The number of hydrazone groups is 1. The van der Waals surface area contributed by atoms with Crippen molar-refractivity contribution in [2.75, 3.05) is 18.5 Å². The lowest BCUT2D eigenvalue weighted by atomic mass is 10.1. The molecule has 0 aliphatic rings. The van der Waals surface area contributed by atoms with Gasteiger partial charge in [0.1, 0.15) is 12.1 Å². The van der Waals surface area contributed by atoms with Crippen LogP contribution in [0.4, 0.5) is 18.9 Å². The van der Waals surface area contributed by atoms with Gasteiger partial charge in [0.2, 0.25) is 5.91 Å². The molecule has 0 aliphatic heterocycles. The fourth-order valence-electron chi connectivity index (χ4n) is 2.00. The van der Waals surface area contributed by atoms with Crippen molar-refractivity contribution >= 4 is 28.8 Å². The molecular weight excluding hydrogens is 327 g/mol. The third-order valence-electron chi connectivity index (χ3n) is 3.03. The van der Waals surface area contributed by atoms with Gasteiger partial charge in [-0.05, 0) is 18.2 Å². The molecule has 9 heteroatoms. The number of alkyl halides is 3. The van der Waals surface area contributed by atoms with Crippen LogP contribution in [0.5, 0.6) is 0 Å². The second-order valence-electron chi connectivity index (χ2n) is 5.11. The van der Waals surface area contributed by atoms with Gasteiger partial charge in [-0.3, -0.25) is 4.79 Å². The van der Waals surface area contributed by atoms with Crippen molar-refractivity contribution in [2.24, 2.45) is 5.10 Å². The second-order valence-corrected chi connectivity index (χ2v) is 5.11. The van der Waals surface area contributed by atoms with Crippen LogP contribution in [0.15, 0.2) is 38.6 Å². The standard InChI is InChI=1S/C15H14F3N3O3/c1-9(22)20-19-7-11-5-10-3-4-12(6-13(10)24-14(11)23)21(2)8-15(16,17)18/h3-7H,8H2,1-2H3,(H,20,22)/b19-7+. The maximum Gasteiger partial charge on any atom is 0.405 e. The Hall–Kier alpha value is -2.84. The highest BCUT2D eigenvalue weighted by molar-refractivity contribution is 5.88. The van der Waals surface area contributed by atoms with Gasteiger partial charge in [-0.25, -0.2) is 10.2 Å². The molecule has 1 amide bonds. The van der Waals surface area contributed by atoms with Crippen LogP contribution in [0.1, 0.15) is 12.5 Å². The number of rotatable bonds is 4. The van der Waals surface area contributed by atoms with Crippen LogP contribution >= 0.6 is 0 Å². The molecule has 1 aromatic carbocycles. The number of hydrogen-bond donors (Lipinski definition) is 1. The van der Waals surface area contributed by atoms with Crippen LogP contribution in [-0.4, -0.2) is 31.9 Å². The number of halogens is 3. The van der Waals surface area contributed by atoms with Crippen molar-refractivity contribution in [2.45, 2.75) is 13.1 Å². The molecule has 24 heavy (non-hydrogen) atoms. The van der Waals surface area contributed by atoms with Gasteiger partial charge in [-0.1, -0.05) is 0 Å². The van der Waals surface area contributed by atoms with E-state index in [1.165, 1.54) is 38.2 Å². The molecule has 0 atom stereocenters. The van der Waals surface area contributed by atoms with Gasteiger partial charge in [0.05, 0.1) is 11.8 Å². The lowest BCUT2D eigenvalue weighted by Crippen LogP contribution is -2.30. The molecule has 0 radical (unpaired) electrons. The molecule has 2 rings (SSSR count). The minimum atomic E-state index is -4.34. The fourth-order valence-corrected chi connectivity index (χ4v) is 2.00. The Balaban J connectivity index is 2.33. The van der Waals surface area contributed by atoms with E-state index >= 15 is 0 Å². The maximum absolute atomic E-state index is 12.4. The van der Waals surface area contributed by atoms with Gasteiger partial charge in [0.25, 0.3) is 0 Å². The molecule has 0 bridgehead atoms. The predicted octanol–water partition coefficient (Wildman–Crippen LogP) is 2.26. The summed E-state index contributed by atoms with van der Waals surface area (Å²) in [5.41, 5.74) is 1.96. The van der Waals surface area contributed by atoms with E-state index in [0.29, 0.717) is 5.39 Å². The Labute approximate surface area is 134 Å². The van der Waals surface area contributed by atoms with E-state index in [4.69, 9.17) is 4.42 Å². The van der Waals surface area contributed by atoms with Gasteiger partial charge < -0.3 is 9.32 Å². The first-order valence-electron chi connectivity index (χ1n) is 6.81. The zero-order valence-electron chi connectivity index (χ0n) is 12.8. The Morgan fingerprint density at radius 2 is 2.08 bits per heavy atom. The summed E-state index contributed by atoms with van der Waals surface area (Å²) in [6.45, 7) is 0.142. The first-order valence-corrected chi connectivity index (χ1v) is 6.81. The Morgan fingerprint density at radius 3 is 2.71 bits per heavy atom. The van der Waals surface area contributed by atoms with E-state index in [1.54, 1.807) is 0 Å². The number of carbonyl (C=O) groups excluding carboxylic acids is 1. The van der Waals surface area contributed by atoms with Crippen molar-refractivity contribution in [3.8, 4) is 0 Å². The number of benzene rings is 1.